The predicted molar refractivity (Wildman–Crippen MR) is 50.5 cm³/mol. The number of hydrogen-bond acceptors (Lipinski definition) is 2. The van der Waals surface area contributed by atoms with Crippen molar-refractivity contribution in [2.45, 2.75) is 20.4 Å². The van der Waals surface area contributed by atoms with Crippen LogP contribution in [0, 0.1) is 0 Å². The van der Waals surface area contributed by atoms with E-state index in [1.165, 1.54) is 18.5 Å². The molecule has 1 heterocycles. The summed E-state index contributed by atoms with van der Waals surface area (Å²) in [4.78, 5) is 10.5. The Morgan fingerprint density at radius 2 is 2.29 bits per heavy atom. The lowest BCUT2D eigenvalue weighted by Crippen LogP contribution is -2.57. The first-order valence-electron chi connectivity index (χ1n) is 4.62. The minimum atomic E-state index is -0.935. The number of carbonyl (C=O) groups is 1. The molecule has 0 fully saturated rings. The van der Waals surface area contributed by atoms with Gasteiger partial charge >= 0.3 is 5.97 Å². The number of nitrogens with zero attached hydrogens (tertiary/aromatic N) is 2. The molecule has 0 aromatic carbocycles. The van der Waals surface area contributed by atoms with Gasteiger partial charge in [0.2, 0.25) is 12.7 Å². The first-order valence-corrected chi connectivity index (χ1v) is 4.62. The molecule has 0 bridgehead atoms. The Bertz CT molecular complexity index is 289. The zero-order valence-corrected chi connectivity index (χ0v) is 8.60. The summed E-state index contributed by atoms with van der Waals surface area (Å²) in [6, 6.07) is 1.46. The van der Waals surface area contributed by atoms with Crippen LogP contribution in [0.1, 0.15) is 24.2 Å². The SMILES string of the molecule is CC.[NH3+]CC[n+]1cc(C(=O)O)ccn1. The van der Waals surface area contributed by atoms with Crippen LogP contribution in [0.15, 0.2) is 18.5 Å². The lowest BCUT2D eigenvalue weighted by molar-refractivity contribution is -0.765. The number of carboxylic acids is 1. The van der Waals surface area contributed by atoms with Gasteiger partial charge < -0.3 is 10.8 Å². The zero-order valence-electron chi connectivity index (χ0n) is 8.60. The van der Waals surface area contributed by atoms with Crippen molar-refractivity contribution in [2.75, 3.05) is 6.54 Å². The quantitative estimate of drug-likeness (QED) is 0.634. The molecule has 5 nitrogen and oxygen atoms in total. The standard InChI is InChI=1S/C7H9N3O2.C2H6/c8-2-4-10-5-6(7(11)12)1-3-9-10;1-2/h1,3,5H,2,4,8H2;1-2H3/p+2. The molecule has 0 amide bonds. The summed E-state index contributed by atoms with van der Waals surface area (Å²) in [5, 5.41) is 12.5. The molecule has 0 radical (unpaired) electrons. The Hall–Kier alpha value is -1.49. The summed E-state index contributed by atoms with van der Waals surface area (Å²) in [5.74, 6) is -0.935. The highest BCUT2D eigenvalue weighted by molar-refractivity contribution is 5.86. The van der Waals surface area contributed by atoms with Crippen molar-refractivity contribution in [1.29, 1.82) is 0 Å². The molecule has 1 aromatic rings. The molecule has 0 saturated heterocycles. The van der Waals surface area contributed by atoms with Crippen LogP contribution in [0.4, 0.5) is 0 Å². The van der Waals surface area contributed by atoms with Gasteiger partial charge in [-0.25, -0.2) is 4.79 Å². The van der Waals surface area contributed by atoms with E-state index >= 15 is 0 Å². The molecule has 0 saturated carbocycles. The fourth-order valence-electron chi connectivity index (χ4n) is 0.847. The lowest BCUT2D eigenvalue weighted by atomic mass is 10.3. The number of quaternary nitrogens is 1. The molecule has 78 valence electrons. The summed E-state index contributed by atoms with van der Waals surface area (Å²) in [7, 11) is 0. The average molecular weight is 199 g/mol. The maximum Gasteiger partial charge on any atom is 0.341 e. The van der Waals surface area contributed by atoms with Crippen LogP contribution in [-0.2, 0) is 6.54 Å². The number of carboxylic acid groups (broad SMARTS) is 1. The van der Waals surface area contributed by atoms with Gasteiger partial charge in [0.25, 0.3) is 0 Å². The van der Waals surface area contributed by atoms with E-state index in [9.17, 15) is 4.79 Å². The summed E-state index contributed by atoms with van der Waals surface area (Å²) in [6.07, 6.45) is 2.96. The van der Waals surface area contributed by atoms with Gasteiger partial charge in [-0.1, -0.05) is 18.5 Å². The minimum Gasteiger partial charge on any atom is -0.477 e. The van der Waals surface area contributed by atoms with Crippen molar-refractivity contribution < 1.29 is 20.3 Å². The van der Waals surface area contributed by atoms with E-state index in [2.05, 4.69) is 10.8 Å². The minimum absolute atomic E-state index is 0.249. The molecule has 0 aliphatic heterocycles. The summed E-state index contributed by atoms with van der Waals surface area (Å²) in [5.41, 5.74) is 3.90. The van der Waals surface area contributed by atoms with Crippen molar-refractivity contribution in [3.05, 3.63) is 24.0 Å². The van der Waals surface area contributed by atoms with Crippen molar-refractivity contribution in [3.63, 3.8) is 0 Å². The van der Waals surface area contributed by atoms with Gasteiger partial charge in [-0.05, 0) is 11.2 Å². The van der Waals surface area contributed by atoms with E-state index in [0.717, 1.165) is 0 Å². The topological polar surface area (TPSA) is 81.7 Å². The van der Waals surface area contributed by atoms with Crippen LogP contribution in [0.2, 0.25) is 0 Å². The molecule has 4 N–H and O–H groups in total. The van der Waals surface area contributed by atoms with Crippen LogP contribution in [0.25, 0.3) is 0 Å². The van der Waals surface area contributed by atoms with E-state index in [0.29, 0.717) is 13.1 Å². The Kier molecular flexibility index (Phi) is 6.22. The zero-order chi connectivity index (χ0) is 11.0. The second kappa shape index (κ2) is 6.97. The first-order chi connectivity index (χ1) is 6.74. The molecular weight excluding hydrogens is 182 g/mol. The largest absolute Gasteiger partial charge is 0.477 e. The average Bonchev–Trinajstić information content (AvgIpc) is 2.22. The highest BCUT2D eigenvalue weighted by atomic mass is 16.4. The van der Waals surface area contributed by atoms with Gasteiger partial charge in [0, 0.05) is 0 Å². The molecule has 0 spiro atoms. The molecule has 5 heteroatoms. The molecular formula is C9H17N3O2+2. The third-order valence-electron chi connectivity index (χ3n) is 1.39. The Morgan fingerprint density at radius 1 is 1.64 bits per heavy atom. The third-order valence-corrected chi connectivity index (χ3v) is 1.39. The number of aromatic carboxylic acids is 1. The van der Waals surface area contributed by atoms with Gasteiger partial charge in [0.15, 0.2) is 0 Å². The maximum absolute atomic E-state index is 10.5. The number of rotatable bonds is 3. The van der Waals surface area contributed by atoms with Gasteiger partial charge in [-0.3, -0.25) is 0 Å². The smallest absolute Gasteiger partial charge is 0.341 e. The van der Waals surface area contributed by atoms with Crippen molar-refractivity contribution in [2.24, 2.45) is 0 Å². The molecule has 14 heavy (non-hydrogen) atoms. The van der Waals surface area contributed by atoms with E-state index in [1.807, 2.05) is 13.8 Å². The monoisotopic (exact) mass is 199 g/mol. The van der Waals surface area contributed by atoms with Gasteiger partial charge in [0.1, 0.15) is 12.1 Å². The van der Waals surface area contributed by atoms with Crippen LogP contribution >= 0.6 is 0 Å². The summed E-state index contributed by atoms with van der Waals surface area (Å²) >= 11 is 0. The molecule has 0 aliphatic carbocycles. The normalized spacial score (nSPS) is 8.79. The molecule has 0 unspecified atom stereocenters. The summed E-state index contributed by atoms with van der Waals surface area (Å²) < 4.78 is 1.57. The van der Waals surface area contributed by atoms with E-state index in [1.54, 1.807) is 4.68 Å². The predicted octanol–water partition coefficient (Wildman–Crippen LogP) is -0.665. The molecule has 0 aliphatic rings. The van der Waals surface area contributed by atoms with Crippen molar-refractivity contribution >= 4 is 5.97 Å². The number of aromatic nitrogens is 2. The van der Waals surface area contributed by atoms with Crippen LogP contribution in [-0.4, -0.2) is 22.7 Å². The first kappa shape index (κ1) is 12.5. The van der Waals surface area contributed by atoms with Crippen LogP contribution in [0.3, 0.4) is 0 Å². The van der Waals surface area contributed by atoms with Crippen molar-refractivity contribution in [1.82, 2.24) is 5.10 Å². The molecule has 1 aromatic heterocycles. The Balaban J connectivity index is 0.000000791. The van der Waals surface area contributed by atoms with E-state index < -0.39 is 5.97 Å². The third kappa shape index (κ3) is 3.95. The van der Waals surface area contributed by atoms with E-state index in [4.69, 9.17) is 5.11 Å². The van der Waals surface area contributed by atoms with Gasteiger partial charge in [0.05, 0.1) is 6.20 Å². The molecule has 1 rings (SSSR count). The van der Waals surface area contributed by atoms with E-state index in [-0.39, 0.29) is 5.56 Å². The fourth-order valence-corrected chi connectivity index (χ4v) is 0.847. The number of hydrogen-bond donors (Lipinski definition) is 2. The van der Waals surface area contributed by atoms with Gasteiger partial charge in [-0.15, -0.1) is 0 Å². The summed E-state index contributed by atoms with van der Waals surface area (Å²) in [6.45, 7) is 5.34. The van der Waals surface area contributed by atoms with Crippen molar-refractivity contribution in [3.8, 4) is 0 Å². The maximum atomic E-state index is 10.5. The second-order valence-electron chi connectivity index (χ2n) is 2.34. The van der Waals surface area contributed by atoms with Crippen LogP contribution < -0.4 is 10.4 Å². The Labute approximate surface area is 83.2 Å². The second-order valence-corrected chi connectivity index (χ2v) is 2.34. The highest BCUT2D eigenvalue weighted by Crippen LogP contribution is 1.90. The molecule has 0 atom stereocenters. The highest BCUT2D eigenvalue weighted by Gasteiger charge is 2.09. The fraction of sp³-hybridized carbons (Fsp3) is 0.444. The lowest BCUT2D eigenvalue weighted by Gasteiger charge is -1.91. The van der Waals surface area contributed by atoms with Crippen LogP contribution in [0.5, 0.6) is 0 Å². The van der Waals surface area contributed by atoms with Gasteiger partial charge in [-0.2, -0.15) is 0 Å². The Morgan fingerprint density at radius 3 is 2.79 bits per heavy atom.